The number of aliphatic hydroxyl groups excluding tert-OH is 1. The summed E-state index contributed by atoms with van der Waals surface area (Å²) in [7, 11) is 1.62. The van der Waals surface area contributed by atoms with Crippen LogP contribution in [0.5, 0.6) is 5.75 Å². The highest BCUT2D eigenvalue weighted by atomic mass is 16.5. The monoisotopic (exact) mass is 371 g/mol. The summed E-state index contributed by atoms with van der Waals surface area (Å²) in [6.07, 6.45) is 0. The zero-order valence-corrected chi connectivity index (χ0v) is 15.6. The van der Waals surface area contributed by atoms with Crippen molar-refractivity contribution in [1.29, 1.82) is 0 Å². The van der Waals surface area contributed by atoms with Gasteiger partial charge in [0.2, 0.25) is 0 Å². The summed E-state index contributed by atoms with van der Waals surface area (Å²) in [5, 5.41) is 10.8. The van der Waals surface area contributed by atoms with E-state index in [1.807, 2.05) is 84.9 Å². The van der Waals surface area contributed by atoms with Crippen LogP contribution in [0.4, 0.5) is 0 Å². The van der Waals surface area contributed by atoms with Crippen molar-refractivity contribution in [3.63, 3.8) is 0 Å². The molecule has 3 aromatic carbocycles. The van der Waals surface area contributed by atoms with Gasteiger partial charge in [-0.2, -0.15) is 0 Å². The van der Waals surface area contributed by atoms with Crippen LogP contribution < -0.4 is 4.74 Å². The molecular weight excluding hydrogens is 350 g/mol. The second kappa shape index (κ2) is 7.61. The van der Waals surface area contributed by atoms with Crippen LogP contribution in [-0.2, 0) is 11.3 Å². The number of para-hydroxylation sites is 1. The lowest BCUT2D eigenvalue weighted by Gasteiger charge is -2.28. The van der Waals surface area contributed by atoms with Crippen LogP contribution in [0, 0.1) is 0 Å². The fourth-order valence-electron chi connectivity index (χ4n) is 3.73. The number of nitrogens with zero attached hydrogens (tertiary/aromatic N) is 1. The van der Waals surface area contributed by atoms with Crippen molar-refractivity contribution in [2.24, 2.45) is 0 Å². The summed E-state index contributed by atoms with van der Waals surface area (Å²) < 4.78 is 5.46. The number of benzene rings is 3. The number of hydrogen-bond donors (Lipinski definition) is 1. The molecule has 1 aliphatic rings. The number of amides is 1. The lowest BCUT2D eigenvalue weighted by Crippen LogP contribution is -2.30. The van der Waals surface area contributed by atoms with E-state index in [0.717, 1.165) is 22.4 Å². The minimum absolute atomic E-state index is 0.199. The maximum atomic E-state index is 13.1. The molecule has 0 aliphatic carbocycles. The Balaban J connectivity index is 1.81. The fourth-order valence-corrected chi connectivity index (χ4v) is 3.73. The number of rotatable bonds is 5. The van der Waals surface area contributed by atoms with Crippen molar-refractivity contribution in [3.05, 3.63) is 107 Å². The normalized spacial score (nSPS) is 16.5. The summed E-state index contributed by atoms with van der Waals surface area (Å²) in [5.41, 5.74) is 3.31. The first-order valence-electron chi connectivity index (χ1n) is 9.17. The quantitative estimate of drug-likeness (QED) is 0.704. The zero-order chi connectivity index (χ0) is 19.5. The predicted molar refractivity (Wildman–Crippen MR) is 109 cm³/mol. The van der Waals surface area contributed by atoms with Crippen LogP contribution in [0.3, 0.4) is 0 Å². The van der Waals surface area contributed by atoms with Crippen LogP contribution >= 0.6 is 0 Å². The Morgan fingerprint density at radius 2 is 1.50 bits per heavy atom. The van der Waals surface area contributed by atoms with Gasteiger partial charge in [-0.25, -0.2) is 0 Å². The fraction of sp³-hybridized carbons (Fsp3) is 0.125. The molecule has 0 radical (unpaired) electrons. The second-order valence-electron chi connectivity index (χ2n) is 6.69. The molecule has 4 heteroatoms. The molecule has 1 atom stereocenters. The first-order chi connectivity index (χ1) is 13.7. The van der Waals surface area contributed by atoms with Crippen molar-refractivity contribution < 1.29 is 14.6 Å². The van der Waals surface area contributed by atoms with Crippen molar-refractivity contribution >= 4 is 11.5 Å². The highest BCUT2D eigenvalue weighted by molar-refractivity contribution is 6.05. The highest BCUT2D eigenvalue weighted by Gasteiger charge is 2.41. The SMILES string of the molecule is COc1ccccc1CN1C(=O)C(O)=C(c2ccccc2)[C@H]1c1ccccc1. The Bertz CT molecular complexity index is 1010. The van der Waals surface area contributed by atoms with E-state index in [4.69, 9.17) is 4.74 Å². The van der Waals surface area contributed by atoms with E-state index in [9.17, 15) is 9.90 Å². The van der Waals surface area contributed by atoms with Crippen LogP contribution in [0.2, 0.25) is 0 Å². The maximum absolute atomic E-state index is 13.1. The van der Waals surface area contributed by atoms with Gasteiger partial charge in [0.1, 0.15) is 5.75 Å². The minimum Gasteiger partial charge on any atom is -0.503 e. The topological polar surface area (TPSA) is 49.8 Å². The van der Waals surface area contributed by atoms with Crippen LogP contribution in [0.1, 0.15) is 22.7 Å². The molecule has 0 spiro atoms. The summed E-state index contributed by atoms with van der Waals surface area (Å²) in [4.78, 5) is 14.8. The van der Waals surface area contributed by atoms with Crippen LogP contribution in [0.25, 0.3) is 5.57 Å². The van der Waals surface area contributed by atoms with Crippen molar-refractivity contribution in [2.75, 3.05) is 7.11 Å². The molecular formula is C24H21NO3. The average molecular weight is 371 g/mol. The highest BCUT2D eigenvalue weighted by Crippen LogP contribution is 2.44. The first kappa shape index (κ1) is 17.9. The van der Waals surface area contributed by atoms with Gasteiger partial charge in [-0.3, -0.25) is 4.79 Å². The van der Waals surface area contributed by atoms with E-state index in [-0.39, 0.29) is 17.7 Å². The number of aliphatic hydroxyl groups is 1. The third kappa shape index (κ3) is 3.14. The molecule has 28 heavy (non-hydrogen) atoms. The molecule has 1 aliphatic heterocycles. The summed E-state index contributed by atoms with van der Waals surface area (Å²) >= 11 is 0. The molecule has 0 aromatic heterocycles. The molecule has 0 bridgehead atoms. The summed E-state index contributed by atoms with van der Waals surface area (Å²) in [5.74, 6) is 0.142. The third-order valence-corrected chi connectivity index (χ3v) is 5.04. The predicted octanol–water partition coefficient (Wildman–Crippen LogP) is 4.75. The van der Waals surface area contributed by atoms with Gasteiger partial charge < -0.3 is 14.7 Å². The Morgan fingerprint density at radius 3 is 2.18 bits per heavy atom. The number of carbonyl (C=O) groups is 1. The van der Waals surface area contributed by atoms with Gasteiger partial charge >= 0.3 is 0 Å². The maximum Gasteiger partial charge on any atom is 0.290 e. The average Bonchev–Trinajstić information content (AvgIpc) is 3.00. The number of carbonyl (C=O) groups excluding carboxylic acids is 1. The Hall–Kier alpha value is -3.53. The largest absolute Gasteiger partial charge is 0.503 e. The van der Waals surface area contributed by atoms with E-state index in [2.05, 4.69) is 0 Å². The molecule has 0 saturated carbocycles. The molecule has 0 fully saturated rings. The van der Waals surface area contributed by atoms with Crippen molar-refractivity contribution in [3.8, 4) is 5.75 Å². The molecule has 4 rings (SSSR count). The molecule has 140 valence electrons. The Labute approximate surface area is 164 Å². The van der Waals surface area contributed by atoms with Crippen LogP contribution in [-0.4, -0.2) is 23.0 Å². The van der Waals surface area contributed by atoms with Gasteiger partial charge in [-0.05, 0) is 17.2 Å². The van der Waals surface area contributed by atoms with Gasteiger partial charge in [-0.1, -0.05) is 78.9 Å². The van der Waals surface area contributed by atoms with Gasteiger partial charge in [0.25, 0.3) is 5.91 Å². The standard InChI is InChI=1S/C24H21NO3/c1-28-20-15-9-8-14-19(20)16-25-22(18-12-6-3-7-13-18)21(23(26)24(25)27)17-10-4-2-5-11-17/h2-15,22,26H,16H2,1H3/t22-/m1/s1. The number of methoxy groups -OCH3 is 1. The van der Waals surface area contributed by atoms with Gasteiger partial charge in [-0.15, -0.1) is 0 Å². The number of hydrogen-bond acceptors (Lipinski definition) is 3. The zero-order valence-electron chi connectivity index (χ0n) is 15.6. The molecule has 4 nitrogen and oxygen atoms in total. The Kier molecular flexibility index (Phi) is 4.85. The molecule has 1 heterocycles. The number of ether oxygens (including phenoxy) is 1. The van der Waals surface area contributed by atoms with Crippen molar-refractivity contribution in [1.82, 2.24) is 4.90 Å². The lowest BCUT2D eigenvalue weighted by atomic mass is 9.93. The molecule has 0 unspecified atom stereocenters. The summed E-state index contributed by atoms with van der Waals surface area (Å²) in [6.45, 7) is 0.336. The summed E-state index contributed by atoms with van der Waals surface area (Å²) in [6, 6.07) is 26.6. The Morgan fingerprint density at radius 1 is 0.893 bits per heavy atom. The van der Waals surface area contributed by atoms with E-state index < -0.39 is 0 Å². The molecule has 1 N–H and O–H groups in total. The van der Waals surface area contributed by atoms with Gasteiger partial charge in [0.15, 0.2) is 5.76 Å². The smallest absolute Gasteiger partial charge is 0.290 e. The van der Waals surface area contributed by atoms with Crippen molar-refractivity contribution in [2.45, 2.75) is 12.6 Å². The molecule has 1 amide bonds. The minimum atomic E-state index is -0.376. The van der Waals surface area contributed by atoms with Gasteiger partial charge in [0, 0.05) is 11.1 Å². The van der Waals surface area contributed by atoms with Gasteiger partial charge in [0.05, 0.1) is 19.7 Å². The van der Waals surface area contributed by atoms with E-state index in [1.165, 1.54) is 0 Å². The molecule has 0 saturated heterocycles. The molecule has 3 aromatic rings. The second-order valence-corrected chi connectivity index (χ2v) is 6.69. The van der Waals surface area contributed by atoms with E-state index in [1.54, 1.807) is 12.0 Å². The lowest BCUT2D eigenvalue weighted by molar-refractivity contribution is -0.130. The first-order valence-corrected chi connectivity index (χ1v) is 9.17. The third-order valence-electron chi connectivity index (χ3n) is 5.04. The van der Waals surface area contributed by atoms with E-state index in [0.29, 0.717) is 12.1 Å². The van der Waals surface area contributed by atoms with E-state index >= 15 is 0 Å². The van der Waals surface area contributed by atoms with Crippen LogP contribution in [0.15, 0.2) is 90.7 Å².